The number of benzene rings is 5. The lowest BCUT2D eigenvalue weighted by Crippen LogP contribution is -2.46. The van der Waals surface area contributed by atoms with E-state index in [-0.39, 0.29) is 46.4 Å². The predicted molar refractivity (Wildman–Crippen MR) is 294 cm³/mol. The second kappa shape index (κ2) is 23.8. The third-order valence-corrected chi connectivity index (χ3v) is 16.9. The molecule has 0 bridgehead atoms. The van der Waals surface area contributed by atoms with Crippen molar-refractivity contribution in [1.29, 1.82) is 0 Å². The van der Waals surface area contributed by atoms with Crippen LogP contribution >= 0.6 is 31.2 Å². The molecule has 0 aliphatic carbocycles. The van der Waals surface area contributed by atoms with Gasteiger partial charge in [-0.25, -0.2) is 17.8 Å². The van der Waals surface area contributed by atoms with Crippen molar-refractivity contribution in [3.8, 4) is 22.4 Å². The molecule has 74 heavy (non-hydrogen) atoms. The van der Waals surface area contributed by atoms with E-state index in [9.17, 15) is 33.0 Å². The van der Waals surface area contributed by atoms with E-state index >= 15 is 0 Å². The molecule has 1 atom stereocenters. The van der Waals surface area contributed by atoms with Crippen LogP contribution in [-0.4, -0.2) is 108 Å². The highest BCUT2D eigenvalue weighted by Crippen LogP contribution is 2.43. The van der Waals surface area contributed by atoms with Crippen LogP contribution in [0.3, 0.4) is 0 Å². The van der Waals surface area contributed by atoms with Gasteiger partial charge in [0, 0.05) is 94.9 Å². The lowest BCUT2D eigenvalue weighted by Gasteiger charge is -2.37. The quantitative estimate of drug-likeness (QED) is 0.0196. The summed E-state index contributed by atoms with van der Waals surface area (Å²) in [7, 11) is -8.78. The molecule has 17 nitrogen and oxygen atoms in total. The van der Waals surface area contributed by atoms with Crippen LogP contribution in [0.2, 0.25) is 5.02 Å². The van der Waals surface area contributed by atoms with Gasteiger partial charge in [-0.3, -0.25) is 19.4 Å². The first kappa shape index (κ1) is 54.4. The molecule has 3 heterocycles. The molecular formula is C53H61ClN7O10PS2. The molecule has 8 rings (SSSR count). The zero-order chi connectivity index (χ0) is 52.7. The molecule has 0 spiro atoms. The molecule has 0 saturated carbocycles. The van der Waals surface area contributed by atoms with E-state index in [1.54, 1.807) is 23.9 Å². The third-order valence-electron chi connectivity index (χ3n) is 13.6. The summed E-state index contributed by atoms with van der Waals surface area (Å²) in [5, 5.41) is 27.0. The Kier molecular flexibility index (Phi) is 17.5. The van der Waals surface area contributed by atoms with Crippen molar-refractivity contribution in [1.82, 2.24) is 9.47 Å². The van der Waals surface area contributed by atoms with Crippen molar-refractivity contribution in [3.05, 3.63) is 148 Å². The normalized spacial score (nSPS) is 15.3. The molecule has 2 aliphatic heterocycles. The fourth-order valence-electron chi connectivity index (χ4n) is 9.82. The number of likely N-dealkylation sites (tertiary alicyclic amines) is 1. The maximum absolute atomic E-state index is 13.8. The Balaban J connectivity index is 0.910. The molecule has 21 heteroatoms. The molecule has 5 N–H and O–H groups in total. The van der Waals surface area contributed by atoms with E-state index < -0.39 is 28.7 Å². The highest BCUT2D eigenvalue weighted by atomic mass is 35.5. The molecule has 2 fully saturated rings. The molecule has 0 amide bonds. The zero-order valence-electron chi connectivity index (χ0n) is 41.3. The number of carboxylic acid groups (broad SMARTS) is 1. The molecule has 5 aromatic carbocycles. The van der Waals surface area contributed by atoms with Gasteiger partial charge < -0.3 is 39.5 Å². The van der Waals surface area contributed by atoms with Gasteiger partial charge in [-0.15, -0.1) is 11.8 Å². The standard InChI is InChI=1S/C53H61ClN7O10PS2/c1-36(2)60-37(3)50(53(62)63)51(52(60)39-12-14-41(54)15-13-39)40-8-7-9-45(32-40)59-30-28-58(29-31-59)44-18-16-42(17-19-44)56-74(69,70)47-20-21-48(49(33-47)61(64)65)55-43(35-73-46-10-5-4-6-11-46)24-27-57-25-22-38(23-26-57)34-71-72(66,67)68/h4-21,32-33,36,38,43,55-56H,22-31,34-35H2,1-3H3,(H,62,63)(H2,66,67,68)/t43-/m1/s1. The number of piperidine rings is 1. The molecular weight excluding hydrogens is 1030 g/mol. The summed E-state index contributed by atoms with van der Waals surface area (Å²) in [5.74, 6) is -0.381. The van der Waals surface area contributed by atoms with Gasteiger partial charge in [-0.2, -0.15) is 0 Å². The van der Waals surface area contributed by atoms with Crippen molar-refractivity contribution in [3.63, 3.8) is 0 Å². The van der Waals surface area contributed by atoms with E-state index in [0.29, 0.717) is 80.0 Å². The number of phosphoric acid groups is 1. The maximum atomic E-state index is 13.8. The zero-order valence-corrected chi connectivity index (χ0v) is 44.6. The monoisotopic (exact) mass is 1090 g/mol. The Morgan fingerprint density at radius 3 is 2.15 bits per heavy atom. The minimum Gasteiger partial charge on any atom is -0.478 e. The van der Waals surface area contributed by atoms with Crippen molar-refractivity contribution in [2.75, 3.05) is 78.0 Å². The number of nitrogens with zero attached hydrogens (tertiary/aromatic N) is 5. The first-order valence-electron chi connectivity index (χ1n) is 24.5. The number of sulfonamides is 1. The number of nitrogens with one attached hydrogen (secondary N) is 2. The second-order valence-corrected chi connectivity index (χ2v) is 23.3. The summed E-state index contributed by atoms with van der Waals surface area (Å²) in [6.07, 6.45) is 2.06. The van der Waals surface area contributed by atoms with Crippen LogP contribution in [0.1, 0.15) is 55.2 Å². The highest BCUT2D eigenvalue weighted by Gasteiger charge is 2.30. The number of anilines is 4. The summed E-state index contributed by atoms with van der Waals surface area (Å²) in [6.45, 7) is 10.7. The van der Waals surface area contributed by atoms with Gasteiger partial charge >= 0.3 is 13.8 Å². The van der Waals surface area contributed by atoms with Crippen LogP contribution in [0.5, 0.6) is 0 Å². The Morgan fingerprint density at radius 2 is 1.53 bits per heavy atom. The third kappa shape index (κ3) is 13.5. The number of piperazine rings is 1. The minimum atomic E-state index is -4.54. The maximum Gasteiger partial charge on any atom is 0.469 e. The SMILES string of the molecule is Cc1c(C(=O)O)c(-c2cccc(N3CCN(c4ccc(NS(=O)(=O)c5ccc(N[C@H](CCN6CCC(COP(=O)(O)O)CC6)CSc6ccccc6)c([N+](=O)[O-])c5)cc4)CC3)c2)c(-c2ccc(Cl)cc2)n1C(C)C. The van der Waals surface area contributed by atoms with Crippen LogP contribution in [0.4, 0.5) is 28.4 Å². The van der Waals surface area contributed by atoms with Crippen molar-refractivity contribution >= 4 is 75.6 Å². The van der Waals surface area contributed by atoms with Crippen LogP contribution in [-0.2, 0) is 19.1 Å². The Labute approximate surface area is 440 Å². The molecule has 6 aromatic rings. The van der Waals surface area contributed by atoms with E-state index in [2.05, 4.69) is 35.4 Å². The lowest BCUT2D eigenvalue weighted by molar-refractivity contribution is -0.384. The average molecular weight is 1090 g/mol. The largest absolute Gasteiger partial charge is 0.478 e. The number of aromatic nitrogens is 1. The average Bonchev–Trinajstić information content (AvgIpc) is 3.70. The summed E-state index contributed by atoms with van der Waals surface area (Å²) < 4.78 is 48.1. The molecule has 392 valence electrons. The number of aromatic carboxylic acids is 1. The molecule has 2 aliphatic rings. The Hall–Kier alpha value is -5.89. The number of nitro groups is 1. The summed E-state index contributed by atoms with van der Waals surface area (Å²) >= 11 is 7.87. The number of hydrogen-bond acceptors (Lipinski definition) is 12. The Bertz CT molecular complexity index is 3090. The van der Waals surface area contributed by atoms with Gasteiger partial charge in [0.2, 0.25) is 0 Å². The van der Waals surface area contributed by atoms with Gasteiger partial charge in [0.05, 0.1) is 27.7 Å². The molecule has 0 unspecified atom stereocenters. The summed E-state index contributed by atoms with van der Waals surface area (Å²) in [6, 6.07) is 35.9. The smallest absolute Gasteiger partial charge is 0.469 e. The minimum absolute atomic E-state index is 0.00381. The molecule has 2 saturated heterocycles. The van der Waals surface area contributed by atoms with Crippen LogP contribution < -0.4 is 19.8 Å². The van der Waals surface area contributed by atoms with Gasteiger partial charge in [0.25, 0.3) is 15.7 Å². The van der Waals surface area contributed by atoms with Gasteiger partial charge in [0.1, 0.15) is 5.69 Å². The molecule has 0 radical (unpaired) electrons. The lowest BCUT2D eigenvalue weighted by atomic mass is 9.96. The number of rotatable bonds is 21. The number of thioether (sulfide) groups is 1. The number of hydrogen-bond donors (Lipinski definition) is 5. The van der Waals surface area contributed by atoms with Crippen LogP contribution in [0.25, 0.3) is 22.4 Å². The van der Waals surface area contributed by atoms with E-state index in [4.69, 9.17) is 25.9 Å². The Morgan fingerprint density at radius 1 is 0.865 bits per heavy atom. The van der Waals surface area contributed by atoms with Gasteiger partial charge in [-0.1, -0.05) is 54.1 Å². The predicted octanol–water partition coefficient (Wildman–Crippen LogP) is 10.9. The van der Waals surface area contributed by atoms with Crippen molar-refractivity contribution < 1.29 is 42.1 Å². The van der Waals surface area contributed by atoms with Gasteiger partial charge in [-0.05, 0) is 143 Å². The van der Waals surface area contributed by atoms with E-state index in [0.717, 1.165) is 52.0 Å². The summed E-state index contributed by atoms with van der Waals surface area (Å²) in [4.78, 5) is 50.5. The van der Waals surface area contributed by atoms with E-state index in [1.807, 2.05) is 106 Å². The number of phosphoric ester groups is 1. The van der Waals surface area contributed by atoms with E-state index in [1.165, 1.54) is 12.1 Å². The van der Waals surface area contributed by atoms with Crippen molar-refractivity contribution in [2.45, 2.75) is 61.9 Å². The number of nitro benzene ring substituents is 1. The van der Waals surface area contributed by atoms with Gasteiger partial charge in [0.15, 0.2) is 0 Å². The number of halogens is 1. The highest BCUT2D eigenvalue weighted by molar-refractivity contribution is 7.99. The fraction of sp³-hybridized carbons (Fsp3) is 0.340. The first-order valence-corrected chi connectivity index (χ1v) is 28.8. The van der Waals surface area contributed by atoms with Crippen molar-refractivity contribution in [2.24, 2.45) is 5.92 Å². The second-order valence-electron chi connectivity index (χ2n) is 18.9. The summed E-state index contributed by atoms with van der Waals surface area (Å²) in [5.41, 5.74) is 6.06. The first-order chi connectivity index (χ1) is 35.3. The van der Waals surface area contributed by atoms with Crippen LogP contribution in [0, 0.1) is 23.0 Å². The fourth-order valence-corrected chi connectivity index (χ4v) is 12.4. The van der Waals surface area contributed by atoms with Crippen LogP contribution in [0.15, 0.2) is 131 Å². The number of carboxylic acids is 1. The molecule has 1 aromatic heterocycles. The number of carbonyl (C=O) groups is 1. The topological polar surface area (TPSA) is 220 Å².